The average molecular weight is 290 g/mol. The molecule has 0 fully saturated rings. The van der Waals surface area contributed by atoms with Gasteiger partial charge in [-0.3, -0.25) is 4.79 Å². The minimum absolute atomic E-state index is 0.211. The summed E-state index contributed by atoms with van der Waals surface area (Å²) >= 11 is 0. The minimum Gasteiger partial charge on any atom is -0.336 e. The van der Waals surface area contributed by atoms with Crippen molar-refractivity contribution >= 4 is 5.91 Å². The van der Waals surface area contributed by atoms with Gasteiger partial charge < -0.3 is 4.90 Å². The van der Waals surface area contributed by atoms with Crippen LogP contribution in [0.1, 0.15) is 32.9 Å². The molecule has 1 heterocycles. The summed E-state index contributed by atoms with van der Waals surface area (Å²) in [6.07, 6.45) is 0. The van der Waals surface area contributed by atoms with Crippen LogP contribution in [-0.4, -0.2) is 22.8 Å². The maximum atomic E-state index is 12.4. The SMILES string of the molecule is Cc1nc(C(=O)N(C)Cc2ccc(C#N)cc2)ccc1C#N. The van der Waals surface area contributed by atoms with Gasteiger partial charge in [-0.05, 0) is 36.8 Å². The number of carbonyl (C=O) groups is 1. The maximum Gasteiger partial charge on any atom is 0.272 e. The Labute approximate surface area is 129 Å². The summed E-state index contributed by atoms with van der Waals surface area (Å²) in [7, 11) is 1.69. The van der Waals surface area contributed by atoms with Gasteiger partial charge in [0.2, 0.25) is 0 Å². The predicted molar refractivity (Wildman–Crippen MR) is 80.6 cm³/mol. The molecule has 0 unspecified atom stereocenters. The molecule has 0 spiro atoms. The number of amides is 1. The number of hydrogen-bond acceptors (Lipinski definition) is 4. The van der Waals surface area contributed by atoms with Crippen molar-refractivity contribution in [3.05, 3.63) is 64.5 Å². The molecule has 22 heavy (non-hydrogen) atoms. The number of benzene rings is 1. The summed E-state index contributed by atoms with van der Waals surface area (Å²) in [6.45, 7) is 2.13. The van der Waals surface area contributed by atoms with E-state index in [0.29, 0.717) is 29.1 Å². The lowest BCUT2D eigenvalue weighted by molar-refractivity contribution is 0.0779. The van der Waals surface area contributed by atoms with Crippen LogP contribution in [0.25, 0.3) is 0 Å². The molecular formula is C17H14N4O. The fourth-order valence-electron chi connectivity index (χ4n) is 2.02. The van der Waals surface area contributed by atoms with Crippen molar-refractivity contribution in [3.8, 4) is 12.1 Å². The second-order valence-electron chi connectivity index (χ2n) is 4.91. The monoisotopic (exact) mass is 290 g/mol. The molecule has 0 saturated carbocycles. The molecule has 0 aliphatic heterocycles. The number of hydrogen-bond donors (Lipinski definition) is 0. The third kappa shape index (κ3) is 3.28. The molecule has 2 rings (SSSR count). The van der Waals surface area contributed by atoms with E-state index in [1.807, 2.05) is 18.2 Å². The van der Waals surface area contributed by atoms with Gasteiger partial charge in [-0.2, -0.15) is 10.5 Å². The Hall–Kier alpha value is -3.18. The van der Waals surface area contributed by atoms with Crippen LogP contribution < -0.4 is 0 Å². The molecule has 1 aromatic heterocycles. The third-order valence-corrected chi connectivity index (χ3v) is 3.27. The van der Waals surface area contributed by atoms with E-state index < -0.39 is 0 Å². The molecule has 2 aromatic rings. The molecule has 5 nitrogen and oxygen atoms in total. The van der Waals surface area contributed by atoms with Crippen molar-refractivity contribution in [2.45, 2.75) is 13.5 Å². The molecule has 0 radical (unpaired) electrons. The zero-order chi connectivity index (χ0) is 16.1. The van der Waals surface area contributed by atoms with Crippen LogP contribution in [0.3, 0.4) is 0 Å². The molecule has 108 valence electrons. The number of aromatic nitrogens is 1. The van der Waals surface area contributed by atoms with Crippen molar-refractivity contribution in [2.24, 2.45) is 0 Å². The summed E-state index contributed by atoms with van der Waals surface area (Å²) in [6, 6.07) is 14.3. The summed E-state index contributed by atoms with van der Waals surface area (Å²) in [5.74, 6) is -0.211. The van der Waals surface area contributed by atoms with Gasteiger partial charge >= 0.3 is 0 Å². The molecule has 0 saturated heterocycles. The van der Waals surface area contributed by atoms with Gasteiger partial charge in [-0.25, -0.2) is 4.98 Å². The lowest BCUT2D eigenvalue weighted by Crippen LogP contribution is -2.27. The summed E-state index contributed by atoms with van der Waals surface area (Å²) in [5, 5.41) is 17.7. The van der Waals surface area contributed by atoms with Crippen LogP contribution in [0.15, 0.2) is 36.4 Å². The summed E-state index contributed by atoms with van der Waals surface area (Å²) in [5.41, 5.74) is 2.83. The van der Waals surface area contributed by atoms with Gasteiger partial charge in [-0.15, -0.1) is 0 Å². The fraction of sp³-hybridized carbons (Fsp3) is 0.176. The van der Waals surface area contributed by atoms with Crippen molar-refractivity contribution in [2.75, 3.05) is 7.05 Å². The Bertz CT molecular complexity index is 782. The van der Waals surface area contributed by atoms with Gasteiger partial charge in [-0.1, -0.05) is 12.1 Å². The Morgan fingerprint density at radius 3 is 2.36 bits per heavy atom. The van der Waals surface area contributed by atoms with Crippen LogP contribution in [0, 0.1) is 29.6 Å². The molecule has 0 aliphatic rings. The van der Waals surface area contributed by atoms with E-state index in [0.717, 1.165) is 5.56 Å². The lowest BCUT2D eigenvalue weighted by Gasteiger charge is -2.17. The third-order valence-electron chi connectivity index (χ3n) is 3.27. The Morgan fingerprint density at radius 2 is 1.82 bits per heavy atom. The normalized spacial score (nSPS) is 9.64. The van der Waals surface area contributed by atoms with E-state index >= 15 is 0 Å². The average Bonchev–Trinajstić information content (AvgIpc) is 2.54. The molecule has 0 bridgehead atoms. The largest absolute Gasteiger partial charge is 0.336 e. The number of nitrogens with zero attached hydrogens (tertiary/aromatic N) is 4. The number of carbonyl (C=O) groups excluding carboxylic acids is 1. The van der Waals surface area contributed by atoms with Crippen LogP contribution in [0.5, 0.6) is 0 Å². The first-order valence-corrected chi connectivity index (χ1v) is 6.67. The van der Waals surface area contributed by atoms with E-state index in [1.54, 1.807) is 43.1 Å². The molecule has 0 aliphatic carbocycles. The minimum atomic E-state index is -0.211. The highest BCUT2D eigenvalue weighted by Crippen LogP contribution is 2.11. The first-order chi connectivity index (χ1) is 10.5. The standard InChI is InChI=1S/C17H14N4O/c1-12-15(10-19)7-8-16(20-12)17(22)21(2)11-14-5-3-13(9-18)4-6-14/h3-8H,11H2,1-2H3. The zero-order valence-electron chi connectivity index (χ0n) is 12.4. The van der Waals surface area contributed by atoms with Crippen molar-refractivity contribution in [1.82, 2.24) is 9.88 Å². The Morgan fingerprint density at radius 1 is 1.14 bits per heavy atom. The molecule has 1 aromatic carbocycles. The van der Waals surface area contributed by atoms with Gasteiger partial charge in [0.1, 0.15) is 11.8 Å². The van der Waals surface area contributed by atoms with E-state index in [4.69, 9.17) is 10.5 Å². The predicted octanol–water partition coefficient (Wildman–Crippen LogP) is 2.41. The highest BCUT2D eigenvalue weighted by atomic mass is 16.2. The van der Waals surface area contributed by atoms with Crippen molar-refractivity contribution in [1.29, 1.82) is 10.5 Å². The quantitative estimate of drug-likeness (QED) is 0.869. The van der Waals surface area contributed by atoms with E-state index in [9.17, 15) is 4.79 Å². The first kappa shape index (κ1) is 15.2. The van der Waals surface area contributed by atoms with Gasteiger partial charge in [0.05, 0.1) is 22.9 Å². The number of aryl methyl sites for hydroxylation is 1. The summed E-state index contributed by atoms with van der Waals surface area (Å²) < 4.78 is 0. The van der Waals surface area contributed by atoms with E-state index in [2.05, 4.69) is 11.1 Å². The Kier molecular flexibility index (Phi) is 4.50. The second-order valence-corrected chi connectivity index (χ2v) is 4.91. The van der Waals surface area contributed by atoms with E-state index in [1.165, 1.54) is 0 Å². The number of pyridine rings is 1. The highest BCUT2D eigenvalue weighted by Gasteiger charge is 2.14. The summed E-state index contributed by atoms with van der Waals surface area (Å²) in [4.78, 5) is 18.1. The molecule has 1 amide bonds. The van der Waals surface area contributed by atoms with Gasteiger partial charge in [0.15, 0.2) is 0 Å². The zero-order valence-corrected chi connectivity index (χ0v) is 12.4. The molecule has 0 N–H and O–H groups in total. The van der Waals surface area contributed by atoms with Crippen LogP contribution >= 0.6 is 0 Å². The molecule has 0 atom stereocenters. The van der Waals surface area contributed by atoms with Crippen LogP contribution in [-0.2, 0) is 6.54 Å². The first-order valence-electron chi connectivity index (χ1n) is 6.67. The fourth-order valence-corrected chi connectivity index (χ4v) is 2.02. The van der Waals surface area contributed by atoms with Gasteiger partial charge in [0.25, 0.3) is 5.91 Å². The molecule has 5 heteroatoms. The van der Waals surface area contributed by atoms with Crippen molar-refractivity contribution in [3.63, 3.8) is 0 Å². The van der Waals surface area contributed by atoms with Crippen molar-refractivity contribution < 1.29 is 4.79 Å². The second kappa shape index (κ2) is 6.51. The number of nitriles is 2. The van der Waals surface area contributed by atoms with Crippen LogP contribution in [0.4, 0.5) is 0 Å². The maximum absolute atomic E-state index is 12.4. The van der Waals surface area contributed by atoms with Gasteiger partial charge in [0, 0.05) is 13.6 Å². The highest BCUT2D eigenvalue weighted by molar-refractivity contribution is 5.92. The van der Waals surface area contributed by atoms with Crippen LogP contribution in [0.2, 0.25) is 0 Å². The topological polar surface area (TPSA) is 80.8 Å². The number of rotatable bonds is 3. The molecular weight excluding hydrogens is 276 g/mol. The smallest absolute Gasteiger partial charge is 0.272 e. The Balaban J connectivity index is 2.13. The lowest BCUT2D eigenvalue weighted by atomic mass is 10.1. The van der Waals surface area contributed by atoms with E-state index in [-0.39, 0.29) is 5.91 Å².